The van der Waals surface area contributed by atoms with E-state index in [1.54, 1.807) is 0 Å². The topological polar surface area (TPSA) is 73.8 Å². The van der Waals surface area contributed by atoms with Crippen LogP contribution in [0.2, 0.25) is 0 Å². The number of piperazine rings is 1. The van der Waals surface area contributed by atoms with Gasteiger partial charge in [-0.25, -0.2) is 17.6 Å². The number of aromatic nitrogens is 2. The molecule has 2 bridgehead atoms. The smallest absolute Gasteiger partial charge is 0.319 e. The molecular weight excluding hydrogens is 598 g/mol. The first-order valence-electron chi connectivity index (χ1n) is 17.4. The number of phenolic OH excluding ortho intramolecular Hbond substituents is 1. The van der Waals surface area contributed by atoms with Crippen LogP contribution in [0.25, 0.3) is 32.8 Å². The summed E-state index contributed by atoms with van der Waals surface area (Å²) in [6.45, 7) is -3.80. The summed E-state index contributed by atoms with van der Waals surface area (Å²) in [4.78, 5) is 11.6. The largest absolute Gasteiger partial charge is 0.508 e. The van der Waals surface area contributed by atoms with E-state index >= 15 is 8.78 Å². The lowest BCUT2D eigenvalue weighted by Crippen LogP contribution is -2.51. The number of terminal acetylenes is 1. The van der Waals surface area contributed by atoms with E-state index in [0.29, 0.717) is 13.1 Å². The molecule has 3 saturated heterocycles. The molecule has 0 radical (unpaired) electrons. The molecular formula is C35H33F4N5O2. The number of likely N-dealkylation sites (tertiary alicyclic amines) is 1. The van der Waals surface area contributed by atoms with Gasteiger partial charge in [-0.2, -0.15) is 9.97 Å². The lowest BCUT2D eigenvalue weighted by molar-refractivity contribution is 0.109. The molecule has 238 valence electrons. The number of nitrogens with one attached hydrogen (secondary N) is 1. The van der Waals surface area contributed by atoms with Gasteiger partial charge in [0.1, 0.15) is 35.3 Å². The van der Waals surface area contributed by atoms with Crippen molar-refractivity contribution in [2.75, 3.05) is 44.6 Å². The number of piperidine rings is 1. The van der Waals surface area contributed by atoms with Crippen molar-refractivity contribution in [1.82, 2.24) is 20.2 Å². The monoisotopic (exact) mass is 636 g/mol. The van der Waals surface area contributed by atoms with E-state index in [0.717, 1.165) is 35.9 Å². The molecule has 0 amide bonds. The van der Waals surface area contributed by atoms with Crippen molar-refractivity contribution in [3.05, 3.63) is 65.2 Å². The minimum absolute atomic E-state index is 0.0252. The molecule has 3 aliphatic rings. The second-order valence-electron chi connectivity index (χ2n) is 12.3. The lowest BCUT2D eigenvalue weighted by atomic mass is 9.78. The first kappa shape index (κ1) is 24.8. The number of halogens is 4. The van der Waals surface area contributed by atoms with Crippen molar-refractivity contribution in [3.63, 3.8) is 0 Å². The Balaban J connectivity index is 1.43. The molecule has 1 aromatic heterocycles. The minimum Gasteiger partial charge on any atom is -0.508 e. The first-order chi connectivity index (χ1) is 24.0. The Morgan fingerprint density at radius 1 is 1.20 bits per heavy atom. The number of fused-ring (bicyclic) bond motifs is 4. The van der Waals surface area contributed by atoms with Gasteiger partial charge in [-0.1, -0.05) is 18.9 Å². The van der Waals surface area contributed by atoms with E-state index in [9.17, 15) is 13.9 Å². The molecule has 4 heterocycles. The van der Waals surface area contributed by atoms with Crippen LogP contribution in [-0.2, 0) is 0 Å². The summed E-state index contributed by atoms with van der Waals surface area (Å²) in [5.41, 5.74) is -3.56. The van der Waals surface area contributed by atoms with Crippen LogP contribution in [-0.4, -0.2) is 71.8 Å². The van der Waals surface area contributed by atoms with E-state index in [1.165, 1.54) is 19.1 Å². The normalized spacial score (nSPS) is 26.4. The first-order valence-corrected chi connectivity index (χ1v) is 14.9. The van der Waals surface area contributed by atoms with E-state index in [1.807, 2.05) is 4.90 Å². The molecule has 0 saturated carbocycles. The average Bonchev–Trinajstić information content (AvgIpc) is 3.40. The maximum absolute atomic E-state index is 17.0. The zero-order valence-corrected chi connectivity index (χ0v) is 24.8. The van der Waals surface area contributed by atoms with Gasteiger partial charge >= 0.3 is 6.01 Å². The number of hydrogen-bond donors (Lipinski definition) is 2. The van der Waals surface area contributed by atoms with Crippen LogP contribution < -0.4 is 15.0 Å². The molecule has 11 heteroatoms. The van der Waals surface area contributed by atoms with E-state index in [2.05, 4.69) is 21.2 Å². The fraction of sp³-hybridized carbons (Fsp3) is 0.371. The predicted molar refractivity (Wildman–Crippen MR) is 169 cm³/mol. The molecule has 4 aromatic rings. The molecule has 0 spiro atoms. The summed E-state index contributed by atoms with van der Waals surface area (Å²) in [6, 6.07) is 5.22. The van der Waals surface area contributed by atoms with Crippen molar-refractivity contribution in [2.45, 2.75) is 38.3 Å². The molecule has 7 rings (SSSR count). The Morgan fingerprint density at radius 2 is 1.98 bits per heavy atom. The summed E-state index contributed by atoms with van der Waals surface area (Å²) in [6.07, 6.45) is 7.47. The number of rotatable bonds is 5. The molecule has 0 unspecified atom stereocenters. The molecule has 2 N–H and O–H groups in total. The van der Waals surface area contributed by atoms with Gasteiger partial charge in [0.05, 0.1) is 20.2 Å². The fourth-order valence-electron chi connectivity index (χ4n) is 6.95. The molecule has 3 aromatic carbocycles. The SMILES string of the molecule is [2H]C([2H])([2H])N1CC/C(=C\F)[C@](C)(C([2H])([2H])Oc2nc(N3C[C@H]4CC[C@@H](C3)N4)c3cc(F)c(-c4cc(O)cc5ccc(F)c(C#C)c45)c(F)c3n2)C1. The Hall–Kier alpha value is -4.40. The molecule has 7 nitrogen and oxygen atoms in total. The van der Waals surface area contributed by atoms with Crippen molar-refractivity contribution >= 4 is 27.5 Å². The average molecular weight is 637 g/mol. The van der Waals surface area contributed by atoms with Crippen molar-refractivity contribution in [1.29, 1.82) is 0 Å². The van der Waals surface area contributed by atoms with Crippen LogP contribution >= 0.6 is 0 Å². The van der Waals surface area contributed by atoms with E-state index in [4.69, 9.17) is 18.0 Å². The maximum atomic E-state index is 17.0. The van der Waals surface area contributed by atoms with Gasteiger partial charge < -0.3 is 25.0 Å². The summed E-state index contributed by atoms with van der Waals surface area (Å²) in [5, 5.41) is 14.1. The van der Waals surface area contributed by atoms with Crippen LogP contribution in [0.15, 0.2) is 42.2 Å². The quantitative estimate of drug-likeness (QED) is 0.204. The van der Waals surface area contributed by atoms with Crippen LogP contribution in [0.1, 0.15) is 38.6 Å². The molecule has 46 heavy (non-hydrogen) atoms. The summed E-state index contributed by atoms with van der Waals surface area (Å²) >= 11 is 0. The number of anilines is 1. The van der Waals surface area contributed by atoms with Crippen molar-refractivity contribution in [3.8, 4) is 35.2 Å². The highest BCUT2D eigenvalue weighted by atomic mass is 19.1. The Bertz CT molecular complexity index is 2150. The molecule has 3 aliphatic heterocycles. The number of aromatic hydroxyl groups is 1. The second-order valence-corrected chi connectivity index (χ2v) is 12.3. The van der Waals surface area contributed by atoms with E-state index in [-0.39, 0.29) is 75.8 Å². The summed E-state index contributed by atoms with van der Waals surface area (Å²) in [5.74, 6) is -1.21. The van der Waals surface area contributed by atoms with Crippen LogP contribution in [0.4, 0.5) is 23.4 Å². The van der Waals surface area contributed by atoms with Crippen LogP contribution in [0.5, 0.6) is 11.8 Å². The van der Waals surface area contributed by atoms with Gasteiger partial charge in [-0.3, -0.25) is 0 Å². The third kappa shape index (κ3) is 5.10. The van der Waals surface area contributed by atoms with Gasteiger partial charge in [0.2, 0.25) is 0 Å². The van der Waals surface area contributed by atoms with Crippen molar-refractivity contribution < 1.29 is 34.3 Å². The zero-order valence-electron chi connectivity index (χ0n) is 29.8. The van der Waals surface area contributed by atoms with Crippen molar-refractivity contribution in [2.24, 2.45) is 5.41 Å². The minimum atomic E-state index is -2.84. The highest BCUT2D eigenvalue weighted by Gasteiger charge is 2.37. The van der Waals surface area contributed by atoms with Gasteiger partial charge in [0.25, 0.3) is 0 Å². The highest BCUT2D eigenvalue weighted by molar-refractivity contribution is 6.04. The summed E-state index contributed by atoms with van der Waals surface area (Å²) < 4.78 is 110. The zero-order chi connectivity index (χ0) is 36.6. The molecule has 3 atom stereocenters. The molecule has 0 aliphatic carbocycles. The second kappa shape index (κ2) is 11.4. The number of ether oxygens (including phenoxy) is 1. The van der Waals surface area contributed by atoms with Gasteiger partial charge in [-0.15, -0.1) is 6.42 Å². The maximum Gasteiger partial charge on any atom is 0.319 e. The Morgan fingerprint density at radius 3 is 2.70 bits per heavy atom. The third-order valence-corrected chi connectivity index (χ3v) is 9.19. The predicted octanol–water partition coefficient (Wildman–Crippen LogP) is 6.07. The number of benzene rings is 3. The number of hydrogen-bond acceptors (Lipinski definition) is 7. The molecule has 3 fully saturated rings. The standard InChI is InChI=1S/C35H33F4N5O2/c1-4-24-27(37)8-5-19-11-23(45)12-25(29(19)24)30-28(38)13-26-32(31(30)39)41-34(42-33(26)44-15-21-6-7-22(16-44)40-21)46-18-35(2)17-43(3)10-9-20(35)14-36/h1,5,8,11-14,21-22,40,45H,6-7,9-10,15-18H2,2-3H3/b20-14+/t21-,22+,35-/m0/s1/i3D3,18D2. The number of phenols is 1. The van der Waals surface area contributed by atoms with Crippen LogP contribution in [0.3, 0.4) is 0 Å². The lowest BCUT2D eigenvalue weighted by Gasteiger charge is -2.40. The summed E-state index contributed by atoms with van der Waals surface area (Å²) in [7, 11) is 0. The van der Waals surface area contributed by atoms with Gasteiger partial charge in [0.15, 0.2) is 5.82 Å². The van der Waals surface area contributed by atoms with Gasteiger partial charge in [-0.05, 0) is 61.5 Å². The van der Waals surface area contributed by atoms with Crippen LogP contribution in [0, 0.1) is 35.2 Å². The Labute approximate surface area is 270 Å². The Kier molecular flexibility index (Phi) is 6.16. The highest BCUT2D eigenvalue weighted by Crippen LogP contribution is 2.42. The number of nitrogens with zero attached hydrogens (tertiary/aromatic N) is 4. The van der Waals surface area contributed by atoms with Gasteiger partial charge in [0, 0.05) is 64.1 Å². The third-order valence-electron chi connectivity index (χ3n) is 9.19. The fourth-order valence-corrected chi connectivity index (χ4v) is 6.95. The van der Waals surface area contributed by atoms with E-state index < -0.39 is 60.0 Å².